The number of nitrogens with two attached hydrogens (primary N) is 1. The Hall–Kier alpha value is -2.22. The van der Waals surface area contributed by atoms with Crippen LogP contribution in [0.15, 0.2) is 34.2 Å². The minimum atomic E-state index is -0.616. The molecule has 1 amide bonds. The first-order valence-corrected chi connectivity index (χ1v) is 5.58. The maximum Gasteiger partial charge on any atom is 0.269 e. The van der Waals surface area contributed by atoms with Crippen molar-refractivity contribution in [3.63, 3.8) is 0 Å². The molecule has 7 nitrogen and oxygen atoms in total. The van der Waals surface area contributed by atoms with Crippen LogP contribution in [-0.2, 0) is 0 Å². The molecule has 17 heavy (non-hydrogen) atoms. The number of nitrogens with zero attached hydrogens (tertiary/aromatic N) is 4. The number of imidazole rings is 1. The van der Waals surface area contributed by atoms with Gasteiger partial charge in [0, 0.05) is 7.05 Å². The molecule has 0 bridgehead atoms. The summed E-state index contributed by atoms with van der Waals surface area (Å²) in [5, 5.41) is 12.2. The van der Waals surface area contributed by atoms with E-state index < -0.39 is 5.91 Å². The second-order valence-corrected chi connectivity index (χ2v) is 4.06. The number of amides is 1. The number of aromatic nitrogens is 2. The van der Waals surface area contributed by atoms with Crippen LogP contribution in [0.3, 0.4) is 0 Å². The van der Waals surface area contributed by atoms with E-state index in [1.165, 1.54) is 17.7 Å². The number of carbonyl (C=O) groups is 1. The first kappa shape index (κ1) is 11.3. The molecule has 0 atom stereocenters. The lowest BCUT2D eigenvalue weighted by Gasteiger charge is -2.06. The zero-order chi connectivity index (χ0) is 12.3. The van der Waals surface area contributed by atoms with Gasteiger partial charge in [-0.3, -0.25) is 4.79 Å². The maximum absolute atomic E-state index is 11.0. The smallest absolute Gasteiger partial charge is 0.269 e. The van der Waals surface area contributed by atoms with Crippen molar-refractivity contribution in [1.82, 2.24) is 9.97 Å². The Kier molecular flexibility index (Phi) is 3.15. The molecule has 0 aliphatic carbocycles. The van der Waals surface area contributed by atoms with E-state index in [2.05, 4.69) is 20.3 Å². The van der Waals surface area contributed by atoms with Gasteiger partial charge in [0.1, 0.15) is 5.00 Å². The van der Waals surface area contributed by atoms with Crippen LogP contribution in [0.4, 0.5) is 10.8 Å². The molecule has 3 N–H and O–H groups in total. The van der Waals surface area contributed by atoms with Gasteiger partial charge >= 0.3 is 0 Å². The minimum absolute atomic E-state index is 0.147. The quantitative estimate of drug-likeness (QED) is 0.638. The van der Waals surface area contributed by atoms with Gasteiger partial charge in [0.25, 0.3) is 5.91 Å². The molecular formula is C9H10N6OS. The van der Waals surface area contributed by atoms with Crippen LogP contribution >= 0.6 is 11.3 Å². The summed E-state index contributed by atoms with van der Waals surface area (Å²) in [4.78, 5) is 17.5. The highest BCUT2D eigenvalue weighted by molar-refractivity contribution is 7.14. The number of anilines is 1. The zero-order valence-corrected chi connectivity index (χ0v) is 9.81. The van der Waals surface area contributed by atoms with Crippen molar-refractivity contribution in [3.05, 3.63) is 29.5 Å². The monoisotopic (exact) mass is 250 g/mol. The highest BCUT2D eigenvalue weighted by Gasteiger charge is 2.10. The summed E-state index contributed by atoms with van der Waals surface area (Å²) in [6.07, 6.45) is 1.35. The Morgan fingerprint density at radius 2 is 2.47 bits per heavy atom. The van der Waals surface area contributed by atoms with Crippen molar-refractivity contribution in [2.45, 2.75) is 0 Å². The van der Waals surface area contributed by atoms with E-state index in [4.69, 9.17) is 5.73 Å². The first-order valence-electron chi connectivity index (χ1n) is 4.70. The molecule has 0 radical (unpaired) electrons. The molecule has 2 heterocycles. The normalized spacial score (nSPS) is 10.9. The molecule has 2 aromatic rings. The summed E-state index contributed by atoms with van der Waals surface area (Å²) in [5.74, 6) is -0.434. The van der Waals surface area contributed by atoms with E-state index in [1.807, 2.05) is 17.5 Å². The van der Waals surface area contributed by atoms with Crippen LogP contribution < -0.4 is 10.7 Å². The molecule has 2 aromatic heterocycles. The molecule has 0 saturated heterocycles. The molecule has 0 unspecified atom stereocenters. The number of hydrogen-bond acceptors (Lipinski definition) is 5. The van der Waals surface area contributed by atoms with Crippen LogP contribution in [0.25, 0.3) is 0 Å². The van der Waals surface area contributed by atoms with Gasteiger partial charge in [-0.15, -0.1) is 16.5 Å². The van der Waals surface area contributed by atoms with E-state index in [-0.39, 0.29) is 11.5 Å². The van der Waals surface area contributed by atoms with Gasteiger partial charge in [-0.25, -0.2) is 9.99 Å². The number of thiophene rings is 1. The number of hydrogen-bond donors (Lipinski definition) is 2. The second-order valence-electron chi connectivity index (χ2n) is 3.13. The van der Waals surface area contributed by atoms with Gasteiger partial charge in [0.2, 0.25) is 5.82 Å². The maximum atomic E-state index is 11.0. The van der Waals surface area contributed by atoms with Gasteiger partial charge < -0.3 is 10.7 Å². The van der Waals surface area contributed by atoms with Crippen molar-refractivity contribution in [2.24, 2.45) is 16.1 Å². The van der Waals surface area contributed by atoms with Gasteiger partial charge in [0.05, 0.1) is 6.33 Å². The molecule has 0 aliphatic rings. The lowest BCUT2D eigenvalue weighted by molar-refractivity contribution is 0.0996. The summed E-state index contributed by atoms with van der Waals surface area (Å²) < 4.78 is 0. The van der Waals surface area contributed by atoms with Crippen LogP contribution in [0.1, 0.15) is 10.5 Å². The summed E-state index contributed by atoms with van der Waals surface area (Å²) in [5.41, 5.74) is 5.28. The highest BCUT2D eigenvalue weighted by Crippen LogP contribution is 2.21. The fraction of sp³-hybridized carbons (Fsp3) is 0.111. The fourth-order valence-corrected chi connectivity index (χ4v) is 1.79. The molecule has 0 aliphatic heterocycles. The second kappa shape index (κ2) is 4.74. The Morgan fingerprint density at radius 1 is 1.65 bits per heavy atom. The third-order valence-corrected chi connectivity index (χ3v) is 2.90. The molecule has 8 heteroatoms. The standard InChI is InChI=1S/C9H10N6OS/c1-15(6-3-2-4-17-6)14-13-9-7(8(10)16)11-5-12-9/h2-5H,1H3,(H2,10,16)(H,11,12). The lowest BCUT2D eigenvalue weighted by Crippen LogP contribution is -2.11. The minimum Gasteiger partial charge on any atom is -0.364 e. The average molecular weight is 250 g/mol. The van der Waals surface area contributed by atoms with Gasteiger partial charge in [-0.1, -0.05) is 5.22 Å². The first-order chi connectivity index (χ1) is 8.18. The number of carbonyl (C=O) groups excluding carboxylic acids is 1. The number of primary amides is 1. The molecular weight excluding hydrogens is 240 g/mol. The highest BCUT2D eigenvalue weighted by atomic mass is 32.1. The predicted octanol–water partition coefficient (Wildman–Crippen LogP) is 1.71. The molecule has 0 saturated carbocycles. The summed E-state index contributed by atoms with van der Waals surface area (Å²) in [6, 6.07) is 3.82. The predicted molar refractivity (Wildman–Crippen MR) is 64.3 cm³/mol. The van der Waals surface area contributed by atoms with Crippen LogP contribution in [-0.4, -0.2) is 22.9 Å². The average Bonchev–Trinajstić information content (AvgIpc) is 2.96. The lowest BCUT2D eigenvalue weighted by atomic mass is 10.4. The van der Waals surface area contributed by atoms with E-state index in [1.54, 1.807) is 12.1 Å². The van der Waals surface area contributed by atoms with Crippen molar-refractivity contribution in [2.75, 3.05) is 12.1 Å². The van der Waals surface area contributed by atoms with E-state index in [0.717, 1.165) is 5.00 Å². The summed E-state index contributed by atoms with van der Waals surface area (Å²) >= 11 is 1.53. The molecule has 0 spiro atoms. The van der Waals surface area contributed by atoms with Gasteiger partial charge in [-0.05, 0) is 17.5 Å². The van der Waals surface area contributed by atoms with Crippen LogP contribution in [0, 0.1) is 0 Å². The Labute approximate surface area is 101 Å². The van der Waals surface area contributed by atoms with E-state index >= 15 is 0 Å². The van der Waals surface area contributed by atoms with Crippen molar-refractivity contribution in [3.8, 4) is 0 Å². The fourth-order valence-electron chi connectivity index (χ4n) is 1.15. The Balaban J connectivity index is 2.15. The van der Waals surface area contributed by atoms with Crippen LogP contribution in [0.5, 0.6) is 0 Å². The van der Waals surface area contributed by atoms with Crippen molar-refractivity contribution >= 4 is 28.1 Å². The molecule has 2 rings (SSSR count). The number of nitrogens with one attached hydrogen (secondary N) is 1. The van der Waals surface area contributed by atoms with Crippen molar-refractivity contribution < 1.29 is 4.79 Å². The van der Waals surface area contributed by atoms with Gasteiger partial charge in [0.15, 0.2) is 5.69 Å². The molecule has 0 fully saturated rings. The summed E-state index contributed by atoms with van der Waals surface area (Å²) in [6.45, 7) is 0. The van der Waals surface area contributed by atoms with Gasteiger partial charge in [-0.2, -0.15) is 0 Å². The van der Waals surface area contributed by atoms with Crippen LogP contribution in [0.2, 0.25) is 0 Å². The largest absolute Gasteiger partial charge is 0.364 e. The Morgan fingerprint density at radius 3 is 3.12 bits per heavy atom. The Bertz CT molecular complexity index is 531. The third kappa shape index (κ3) is 2.48. The number of rotatable bonds is 4. The third-order valence-electron chi connectivity index (χ3n) is 1.96. The van der Waals surface area contributed by atoms with E-state index in [0.29, 0.717) is 0 Å². The van der Waals surface area contributed by atoms with Crippen molar-refractivity contribution in [1.29, 1.82) is 0 Å². The summed E-state index contributed by atoms with van der Waals surface area (Å²) in [7, 11) is 1.76. The number of H-pyrrole nitrogens is 1. The molecule has 88 valence electrons. The topological polar surface area (TPSA) is 99.7 Å². The molecule has 0 aromatic carbocycles. The van der Waals surface area contributed by atoms with E-state index in [9.17, 15) is 4.79 Å². The number of aromatic amines is 1. The zero-order valence-electron chi connectivity index (χ0n) is 8.99. The SMILES string of the molecule is CN(N=Nc1nc[nH]c1C(N)=O)c1cccs1.